The second-order valence-electron chi connectivity index (χ2n) is 6.01. The lowest BCUT2D eigenvalue weighted by Crippen LogP contribution is -2.46. The Hall–Kier alpha value is -1.84. The molecular formula is C16H21NO3. The molecule has 4 nitrogen and oxygen atoms in total. The fourth-order valence-corrected chi connectivity index (χ4v) is 2.37. The van der Waals surface area contributed by atoms with Crippen LogP contribution in [-0.4, -0.2) is 35.0 Å². The van der Waals surface area contributed by atoms with Gasteiger partial charge in [-0.1, -0.05) is 30.3 Å². The zero-order chi connectivity index (χ0) is 14.8. The van der Waals surface area contributed by atoms with Gasteiger partial charge in [-0.3, -0.25) is 9.59 Å². The van der Waals surface area contributed by atoms with Crippen molar-refractivity contribution >= 4 is 11.9 Å². The van der Waals surface area contributed by atoms with E-state index >= 15 is 0 Å². The molecule has 4 heteroatoms. The SMILES string of the molecule is CC(C)(C(=O)N(CC(=O)O)CC1CC1)c1ccccc1. The molecule has 1 N–H and O–H groups in total. The summed E-state index contributed by atoms with van der Waals surface area (Å²) in [6, 6.07) is 9.52. The fraction of sp³-hybridized carbons (Fsp3) is 0.500. The third-order valence-corrected chi connectivity index (χ3v) is 3.82. The number of carbonyl (C=O) groups excluding carboxylic acids is 1. The number of hydrogen-bond donors (Lipinski definition) is 1. The molecule has 0 spiro atoms. The first-order valence-corrected chi connectivity index (χ1v) is 6.98. The van der Waals surface area contributed by atoms with Crippen LogP contribution >= 0.6 is 0 Å². The van der Waals surface area contributed by atoms with Crippen molar-refractivity contribution in [3.05, 3.63) is 35.9 Å². The van der Waals surface area contributed by atoms with Crippen molar-refractivity contribution in [2.75, 3.05) is 13.1 Å². The number of nitrogens with zero attached hydrogens (tertiary/aromatic N) is 1. The van der Waals surface area contributed by atoms with E-state index in [4.69, 9.17) is 5.11 Å². The van der Waals surface area contributed by atoms with E-state index < -0.39 is 11.4 Å². The van der Waals surface area contributed by atoms with Gasteiger partial charge in [-0.25, -0.2) is 0 Å². The van der Waals surface area contributed by atoms with Gasteiger partial charge in [0.25, 0.3) is 0 Å². The highest BCUT2D eigenvalue weighted by Crippen LogP contribution is 2.32. The van der Waals surface area contributed by atoms with Crippen LogP contribution in [0.5, 0.6) is 0 Å². The maximum absolute atomic E-state index is 12.7. The summed E-state index contributed by atoms with van der Waals surface area (Å²) in [4.78, 5) is 25.2. The van der Waals surface area contributed by atoms with Crippen LogP contribution < -0.4 is 0 Å². The lowest BCUT2D eigenvalue weighted by atomic mass is 9.83. The molecule has 1 amide bonds. The van der Waals surface area contributed by atoms with Gasteiger partial charge >= 0.3 is 5.97 Å². The minimum Gasteiger partial charge on any atom is -0.480 e. The average molecular weight is 275 g/mol. The molecule has 0 aliphatic heterocycles. The van der Waals surface area contributed by atoms with Crippen molar-refractivity contribution in [2.24, 2.45) is 5.92 Å². The Kier molecular flexibility index (Phi) is 4.12. The number of carbonyl (C=O) groups is 2. The highest BCUT2D eigenvalue weighted by atomic mass is 16.4. The second-order valence-corrected chi connectivity index (χ2v) is 6.01. The number of amides is 1. The molecule has 0 saturated heterocycles. The number of benzene rings is 1. The van der Waals surface area contributed by atoms with E-state index in [1.165, 1.54) is 4.90 Å². The van der Waals surface area contributed by atoms with Gasteiger partial charge in [-0.15, -0.1) is 0 Å². The Morgan fingerprint density at radius 3 is 2.35 bits per heavy atom. The highest BCUT2D eigenvalue weighted by molar-refractivity contribution is 5.89. The summed E-state index contributed by atoms with van der Waals surface area (Å²) in [5.74, 6) is -0.592. The molecular weight excluding hydrogens is 254 g/mol. The predicted octanol–water partition coefficient (Wildman–Crippen LogP) is 2.29. The molecule has 0 heterocycles. The molecule has 0 atom stereocenters. The predicted molar refractivity (Wildman–Crippen MR) is 76.4 cm³/mol. The topological polar surface area (TPSA) is 57.6 Å². The summed E-state index contributed by atoms with van der Waals surface area (Å²) in [6.07, 6.45) is 2.18. The first kappa shape index (κ1) is 14.6. The van der Waals surface area contributed by atoms with Crippen molar-refractivity contribution in [2.45, 2.75) is 32.1 Å². The molecule has 1 aromatic rings. The molecule has 1 aromatic carbocycles. The molecule has 1 aliphatic rings. The van der Waals surface area contributed by atoms with Crippen LogP contribution in [-0.2, 0) is 15.0 Å². The Labute approximate surface area is 119 Å². The van der Waals surface area contributed by atoms with Gasteiger partial charge in [0.05, 0.1) is 5.41 Å². The highest BCUT2D eigenvalue weighted by Gasteiger charge is 2.36. The van der Waals surface area contributed by atoms with E-state index in [0.29, 0.717) is 12.5 Å². The standard InChI is InChI=1S/C16H21NO3/c1-16(2,13-6-4-3-5-7-13)15(20)17(11-14(18)19)10-12-8-9-12/h3-7,12H,8-11H2,1-2H3,(H,18,19). The van der Waals surface area contributed by atoms with Crippen LogP contribution in [0.15, 0.2) is 30.3 Å². The Morgan fingerprint density at radius 2 is 1.85 bits per heavy atom. The summed E-state index contributed by atoms with van der Waals surface area (Å²) < 4.78 is 0. The quantitative estimate of drug-likeness (QED) is 0.866. The van der Waals surface area contributed by atoms with Crippen molar-refractivity contribution < 1.29 is 14.7 Å². The van der Waals surface area contributed by atoms with Crippen LogP contribution in [0, 0.1) is 5.92 Å². The number of aliphatic carboxylic acids is 1. The second kappa shape index (κ2) is 5.65. The summed E-state index contributed by atoms with van der Waals surface area (Å²) in [5, 5.41) is 9.01. The van der Waals surface area contributed by atoms with Gasteiger partial charge in [0.2, 0.25) is 5.91 Å². The maximum Gasteiger partial charge on any atom is 0.323 e. The summed E-state index contributed by atoms with van der Waals surface area (Å²) in [7, 11) is 0. The number of hydrogen-bond acceptors (Lipinski definition) is 2. The largest absolute Gasteiger partial charge is 0.480 e. The van der Waals surface area contributed by atoms with E-state index in [-0.39, 0.29) is 12.5 Å². The summed E-state index contributed by atoms with van der Waals surface area (Å²) >= 11 is 0. The minimum atomic E-state index is -0.956. The molecule has 1 aliphatic carbocycles. The van der Waals surface area contributed by atoms with Crippen molar-refractivity contribution in [1.82, 2.24) is 4.90 Å². The maximum atomic E-state index is 12.7. The van der Waals surface area contributed by atoms with Gasteiger partial charge in [-0.05, 0) is 38.2 Å². The zero-order valence-electron chi connectivity index (χ0n) is 12.0. The Bertz CT molecular complexity index is 492. The van der Waals surface area contributed by atoms with Gasteiger partial charge in [-0.2, -0.15) is 0 Å². The third-order valence-electron chi connectivity index (χ3n) is 3.82. The van der Waals surface area contributed by atoms with Gasteiger partial charge in [0.15, 0.2) is 0 Å². The van der Waals surface area contributed by atoms with Crippen LogP contribution in [0.2, 0.25) is 0 Å². The Morgan fingerprint density at radius 1 is 1.25 bits per heavy atom. The third kappa shape index (κ3) is 3.38. The van der Waals surface area contributed by atoms with Gasteiger partial charge in [0, 0.05) is 6.54 Å². The van der Waals surface area contributed by atoms with E-state index in [1.807, 2.05) is 44.2 Å². The average Bonchev–Trinajstić information content (AvgIpc) is 3.21. The Balaban J connectivity index is 2.18. The fourth-order valence-electron chi connectivity index (χ4n) is 2.37. The summed E-state index contributed by atoms with van der Waals surface area (Å²) in [5.41, 5.74) is 0.210. The number of carboxylic acid groups (broad SMARTS) is 1. The van der Waals surface area contributed by atoms with Gasteiger partial charge < -0.3 is 10.0 Å². The molecule has 0 bridgehead atoms. The smallest absolute Gasteiger partial charge is 0.323 e. The first-order chi connectivity index (χ1) is 9.41. The van der Waals surface area contributed by atoms with E-state index in [0.717, 1.165) is 18.4 Å². The number of rotatable bonds is 6. The first-order valence-electron chi connectivity index (χ1n) is 6.98. The van der Waals surface area contributed by atoms with Crippen molar-refractivity contribution in [1.29, 1.82) is 0 Å². The van der Waals surface area contributed by atoms with Crippen molar-refractivity contribution in [3.63, 3.8) is 0 Å². The molecule has 0 aromatic heterocycles. The lowest BCUT2D eigenvalue weighted by molar-refractivity contribution is -0.146. The molecule has 2 rings (SSSR count). The van der Waals surface area contributed by atoms with Crippen LogP contribution in [0.1, 0.15) is 32.3 Å². The monoisotopic (exact) mass is 275 g/mol. The molecule has 0 unspecified atom stereocenters. The summed E-state index contributed by atoms with van der Waals surface area (Å²) in [6.45, 7) is 4.05. The zero-order valence-corrected chi connectivity index (χ0v) is 12.0. The van der Waals surface area contributed by atoms with E-state index in [9.17, 15) is 9.59 Å². The molecule has 1 saturated carbocycles. The van der Waals surface area contributed by atoms with E-state index in [1.54, 1.807) is 0 Å². The van der Waals surface area contributed by atoms with Gasteiger partial charge in [0.1, 0.15) is 6.54 Å². The van der Waals surface area contributed by atoms with E-state index in [2.05, 4.69) is 0 Å². The van der Waals surface area contributed by atoms with Crippen LogP contribution in [0.25, 0.3) is 0 Å². The molecule has 20 heavy (non-hydrogen) atoms. The normalized spacial score (nSPS) is 14.9. The van der Waals surface area contributed by atoms with Crippen LogP contribution in [0.3, 0.4) is 0 Å². The van der Waals surface area contributed by atoms with Crippen molar-refractivity contribution in [3.8, 4) is 0 Å². The lowest BCUT2D eigenvalue weighted by Gasteiger charge is -2.31. The van der Waals surface area contributed by atoms with Crippen LogP contribution in [0.4, 0.5) is 0 Å². The molecule has 108 valence electrons. The molecule has 1 fully saturated rings. The minimum absolute atomic E-state index is 0.113. The number of carboxylic acids is 1. The molecule has 0 radical (unpaired) electrons.